The molecular formula is C2H4Cl2OS. The minimum Gasteiger partial charge on any atom is -0.338 e. The average molecular weight is 147 g/mol. The van der Waals surface area contributed by atoms with Crippen molar-refractivity contribution in [3.05, 3.63) is 0 Å². The summed E-state index contributed by atoms with van der Waals surface area (Å²) in [6.07, 6.45) is 0. The number of thiol groups is 1. The van der Waals surface area contributed by atoms with E-state index in [0.717, 1.165) is 0 Å². The Labute approximate surface area is 52.0 Å². The number of halogens is 2. The lowest BCUT2D eigenvalue weighted by molar-refractivity contribution is 0.209. The van der Waals surface area contributed by atoms with Crippen LogP contribution in [-0.4, -0.2) is 11.0 Å². The zero-order valence-electron chi connectivity index (χ0n) is 2.90. The van der Waals surface area contributed by atoms with E-state index in [0.29, 0.717) is 0 Å². The van der Waals surface area contributed by atoms with Crippen LogP contribution in [-0.2, 0) is 4.74 Å². The van der Waals surface area contributed by atoms with E-state index in [9.17, 15) is 0 Å². The molecule has 0 aliphatic heterocycles. The van der Waals surface area contributed by atoms with Crippen LogP contribution < -0.4 is 0 Å². The predicted octanol–water partition coefficient (Wildman–Crippen LogP) is 1.65. The van der Waals surface area contributed by atoms with E-state index in [1.54, 1.807) is 0 Å². The number of alkyl halides is 2. The summed E-state index contributed by atoms with van der Waals surface area (Å²) in [5.74, 6) is 0.262. The average Bonchev–Trinajstić information content (AvgIpc) is 1.35. The molecule has 0 bridgehead atoms. The lowest BCUT2D eigenvalue weighted by Crippen LogP contribution is -1.91. The molecule has 1 nitrogen and oxygen atoms in total. The molecule has 0 N–H and O–H groups in total. The highest BCUT2D eigenvalue weighted by Gasteiger charge is 1.90. The maximum Gasteiger partial charge on any atom is 0.207 e. The van der Waals surface area contributed by atoms with Crippen molar-refractivity contribution in [1.29, 1.82) is 0 Å². The Morgan fingerprint density at radius 1 is 1.67 bits per heavy atom. The first kappa shape index (κ1) is 6.89. The van der Waals surface area contributed by atoms with Crippen LogP contribution in [0.3, 0.4) is 0 Å². The first-order chi connectivity index (χ1) is 2.77. The number of rotatable bonds is 2. The predicted molar refractivity (Wildman–Crippen MR) is 30.4 cm³/mol. The van der Waals surface area contributed by atoms with Crippen LogP contribution >= 0.6 is 35.8 Å². The van der Waals surface area contributed by atoms with E-state index in [4.69, 9.17) is 23.2 Å². The van der Waals surface area contributed by atoms with Crippen molar-refractivity contribution < 1.29 is 4.74 Å². The summed E-state index contributed by atoms with van der Waals surface area (Å²) in [7, 11) is 0. The van der Waals surface area contributed by atoms with Crippen molar-refractivity contribution in [1.82, 2.24) is 0 Å². The SMILES string of the molecule is SCOC(Cl)Cl. The maximum absolute atomic E-state index is 5.07. The minimum absolute atomic E-state index is 0.262. The smallest absolute Gasteiger partial charge is 0.207 e. The first-order valence-electron chi connectivity index (χ1n) is 1.28. The van der Waals surface area contributed by atoms with Crippen LogP contribution in [0.4, 0.5) is 0 Å². The van der Waals surface area contributed by atoms with Gasteiger partial charge < -0.3 is 4.74 Å². The molecule has 0 aliphatic rings. The first-order valence-corrected chi connectivity index (χ1v) is 2.78. The van der Waals surface area contributed by atoms with Gasteiger partial charge in [-0.1, -0.05) is 23.2 Å². The molecule has 0 saturated carbocycles. The van der Waals surface area contributed by atoms with Gasteiger partial charge in [-0.2, -0.15) is 12.6 Å². The fourth-order valence-electron chi connectivity index (χ4n) is 0.0563. The van der Waals surface area contributed by atoms with Gasteiger partial charge in [0.05, 0.1) is 5.94 Å². The second kappa shape index (κ2) is 4.06. The van der Waals surface area contributed by atoms with Crippen molar-refractivity contribution >= 4 is 35.8 Å². The number of hydrogen-bond donors (Lipinski definition) is 1. The summed E-state index contributed by atoms with van der Waals surface area (Å²) in [6.45, 7) is 0. The molecule has 0 fully saturated rings. The number of ether oxygens (including phenoxy) is 1. The van der Waals surface area contributed by atoms with Crippen molar-refractivity contribution in [2.75, 3.05) is 5.94 Å². The molecule has 0 atom stereocenters. The summed E-state index contributed by atoms with van der Waals surface area (Å²) in [5, 5.41) is -0.734. The van der Waals surface area contributed by atoms with Gasteiger partial charge in [-0.25, -0.2) is 0 Å². The Hall–Kier alpha value is 0.890. The summed E-state index contributed by atoms with van der Waals surface area (Å²) < 4.78 is 4.44. The largest absolute Gasteiger partial charge is 0.338 e. The zero-order valence-corrected chi connectivity index (χ0v) is 5.30. The highest BCUT2D eigenvalue weighted by molar-refractivity contribution is 7.80. The summed E-state index contributed by atoms with van der Waals surface area (Å²) in [5.41, 5.74) is 0. The van der Waals surface area contributed by atoms with E-state index in [1.165, 1.54) is 0 Å². The van der Waals surface area contributed by atoms with E-state index in [1.807, 2.05) is 0 Å². The van der Waals surface area contributed by atoms with E-state index >= 15 is 0 Å². The Morgan fingerprint density at radius 2 is 2.17 bits per heavy atom. The molecule has 4 heteroatoms. The molecule has 0 aliphatic carbocycles. The lowest BCUT2D eigenvalue weighted by Gasteiger charge is -1.94. The van der Waals surface area contributed by atoms with Gasteiger partial charge in [0, 0.05) is 0 Å². The third-order valence-electron chi connectivity index (χ3n) is 0.201. The van der Waals surface area contributed by atoms with Gasteiger partial charge in [0.2, 0.25) is 5.02 Å². The molecular weight excluding hydrogens is 143 g/mol. The van der Waals surface area contributed by atoms with E-state index in [-0.39, 0.29) is 5.94 Å². The van der Waals surface area contributed by atoms with Gasteiger partial charge in [0.15, 0.2) is 0 Å². The molecule has 0 saturated heterocycles. The highest BCUT2D eigenvalue weighted by Crippen LogP contribution is 2.02. The molecule has 0 aromatic rings. The number of hydrogen-bond acceptors (Lipinski definition) is 2. The van der Waals surface area contributed by atoms with Crippen LogP contribution in [0.5, 0.6) is 0 Å². The minimum atomic E-state index is -0.734. The van der Waals surface area contributed by atoms with Crippen LogP contribution in [0, 0.1) is 0 Å². The maximum atomic E-state index is 5.07. The van der Waals surface area contributed by atoms with Gasteiger partial charge >= 0.3 is 0 Å². The normalized spacial score (nSPS) is 10.0. The van der Waals surface area contributed by atoms with Gasteiger partial charge in [0.1, 0.15) is 0 Å². The van der Waals surface area contributed by atoms with Gasteiger partial charge in [0.25, 0.3) is 0 Å². The standard InChI is InChI=1S/C2H4Cl2OS/c3-2(4)5-1-6/h2,6H,1H2. The molecule has 6 heavy (non-hydrogen) atoms. The lowest BCUT2D eigenvalue weighted by atomic mass is 11.5. The van der Waals surface area contributed by atoms with Crippen molar-refractivity contribution in [3.63, 3.8) is 0 Å². The molecule has 38 valence electrons. The van der Waals surface area contributed by atoms with Gasteiger partial charge in [-0.3, -0.25) is 0 Å². The zero-order chi connectivity index (χ0) is 4.99. The fraction of sp³-hybridized carbons (Fsp3) is 1.00. The second-order valence-corrected chi connectivity index (χ2v) is 1.83. The molecule has 0 rings (SSSR count). The highest BCUT2D eigenvalue weighted by atomic mass is 35.5. The summed E-state index contributed by atoms with van der Waals surface area (Å²) >= 11 is 13.8. The quantitative estimate of drug-likeness (QED) is 0.355. The van der Waals surface area contributed by atoms with Gasteiger partial charge in [-0.05, 0) is 0 Å². The molecule has 0 aromatic heterocycles. The Bertz CT molecular complexity index is 32.7. The monoisotopic (exact) mass is 146 g/mol. The molecule has 0 amide bonds. The topological polar surface area (TPSA) is 9.23 Å². The third kappa shape index (κ3) is 4.89. The van der Waals surface area contributed by atoms with Crippen molar-refractivity contribution in [2.45, 2.75) is 5.02 Å². The summed E-state index contributed by atoms with van der Waals surface area (Å²) in [6, 6.07) is 0. The second-order valence-electron chi connectivity index (χ2n) is 0.556. The van der Waals surface area contributed by atoms with Crippen LogP contribution in [0.1, 0.15) is 0 Å². The molecule has 0 spiro atoms. The van der Waals surface area contributed by atoms with Crippen LogP contribution in [0.2, 0.25) is 0 Å². The Morgan fingerprint density at radius 3 is 2.17 bits per heavy atom. The van der Waals surface area contributed by atoms with E-state index in [2.05, 4.69) is 17.4 Å². The fourth-order valence-corrected chi connectivity index (χ4v) is 0.507. The van der Waals surface area contributed by atoms with Gasteiger partial charge in [-0.15, -0.1) is 0 Å². The van der Waals surface area contributed by atoms with Crippen LogP contribution in [0.15, 0.2) is 0 Å². The molecule has 0 heterocycles. The van der Waals surface area contributed by atoms with E-state index < -0.39 is 5.02 Å². The van der Waals surface area contributed by atoms with Crippen molar-refractivity contribution in [3.8, 4) is 0 Å². The van der Waals surface area contributed by atoms with Crippen LogP contribution in [0.25, 0.3) is 0 Å². The molecule has 0 radical (unpaired) electrons. The molecule has 0 unspecified atom stereocenters. The Kier molecular flexibility index (Phi) is 4.66. The third-order valence-corrected chi connectivity index (χ3v) is 0.602. The Balaban J connectivity index is 2.63. The summed E-state index contributed by atoms with van der Waals surface area (Å²) in [4.78, 5) is 0. The van der Waals surface area contributed by atoms with Crippen molar-refractivity contribution in [2.24, 2.45) is 0 Å². The molecule has 0 aromatic carbocycles.